The minimum absolute atomic E-state index is 0.447. The molecule has 0 amide bonds. The van der Waals surface area contributed by atoms with Gasteiger partial charge in [0, 0.05) is 5.56 Å². The number of hydrogen-bond donors (Lipinski definition) is 0. The van der Waals surface area contributed by atoms with Crippen LogP contribution in [-0.4, -0.2) is 12.9 Å². The number of carbonyl (C=O) groups is 1. The molecule has 0 bridgehead atoms. The van der Waals surface area contributed by atoms with E-state index in [1.807, 2.05) is 12.1 Å². The molecule has 2 heteroatoms. The monoisotopic (exact) mass is 204 g/mol. The molecule has 1 aromatic carbocycles. The maximum atomic E-state index is 10.6. The molecule has 1 aliphatic carbocycles. The number of benzene rings is 1. The van der Waals surface area contributed by atoms with Crippen LogP contribution in [0.2, 0.25) is 0 Å². The van der Waals surface area contributed by atoms with Gasteiger partial charge in [0.15, 0.2) is 0 Å². The van der Waals surface area contributed by atoms with Gasteiger partial charge in [-0.15, -0.1) is 0 Å². The van der Waals surface area contributed by atoms with Crippen LogP contribution < -0.4 is 4.74 Å². The molecule has 80 valence electrons. The zero-order chi connectivity index (χ0) is 10.9. The molecule has 0 spiro atoms. The van der Waals surface area contributed by atoms with E-state index in [4.69, 9.17) is 4.74 Å². The van der Waals surface area contributed by atoms with Crippen LogP contribution in [0.4, 0.5) is 0 Å². The molecule has 0 heterocycles. The highest BCUT2D eigenvalue weighted by Gasteiger charge is 2.45. The topological polar surface area (TPSA) is 26.3 Å². The number of hydrogen-bond acceptors (Lipinski definition) is 2. The van der Waals surface area contributed by atoms with E-state index in [0.29, 0.717) is 16.9 Å². The summed E-state index contributed by atoms with van der Waals surface area (Å²) < 4.78 is 5.65. The Morgan fingerprint density at radius 2 is 2.27 bits per heavy atom. The predicted octanol–water partition coefficient (Wildman–Crippen LogP) is 2.92. The molecule has 0 N–H and O–H groups in total. The first-order chi connectivity index (χ1) is 7.12. The lowest BCUT2D eigenvalue weighted by atomic mass is 10.1. The van der Waals surface area contributed by atoms with Gasteiger partial charge in [-0.1, -0.05) is 26.0 Å². The van der Waals surface area contributed by atoms with Crippen LogP contribution >= 0.6 is 0 Å². The molecule has 0 saturated heterocycles. The Morgan fingerprint density at radius 3 is 2.87 bits per heavy atom. The number of aldehydes is 1. The van der Waals surface area contributed by atoms with Gasteiger partial charge < -0.3 is 4.74 Å². The third-order valence-electron chi connectivity index (χ3n) is 3.16. The Bertz CT molecular complexity index is 369. The van der Waals surface area contributed by atoms with E-state index in [1.165, 1.54) is 6.42 Å². The molecule has 1 aliphatic rings. The van der Waals surface area contributed by atoms with Crippen LogP contribution in [-0.2, 0) is 0 Å². The van der Waals surface area contributed by atoms with Crippen LogP contribution in [0.5, 0.6) is 5.75 Å². The number of rotatable bonds is 4. The van der Waals surface area contributed by atoms with Gasteiger partial charge >= 0.3 is 0 Å². The van der Waals surface area contributed by atoms with Crippen molar-refractivity contribution >= 4 is 6.29 Å². The quantitative estimate of drug-likeness (QED) is 0.705. The van der Waals surface area contributed by atoms with Gasteiger partial charge in [0.05, 0.1) is 6.61 Å². The van der Waals surface area contributed by atoms with Crippen molar-refractivity contribution in [3.05, 3.63) is 29.8 Å². The average molecular weight is 204 g/mol. The molecule has 2 rings (SSSR count). The normalized spacial score (nSPS) is 22.1. The fourth-order valence-electron chi connectivity index (χ4n) is 1.74. The van der Waals surface area contributed by atoms with Crippen molar-refractivity contribution in [3.63, 3.8) is 0 Å². The van der Waals surface area contributed by atoms with Gasteiger partial charge in [-0.25, -0.2) is 0 Å². The van der Waals surface area contributed by atoms with E-state index in [9.17, 15) is 4.79 Å². The molecule has 1 saturated carbocycles. The van der Waals surface area contributed by atoms with Crippen molar-refractivity contribution in [2.45, 2.75) is 20.3 Å². The van der Waals surface area contributed by atoms with Crippen molar-refractivity contribution in [3.8, 4) is 5.75 Å². The smallest absolute Gasteiger partial charge is 0.150 e. The molecule has 1 unspecified atom stereocenters. The Labute approximate surface area is 90.3 Å². The number of ether oxygens (including phenoxy) is 1. The largest absolute Gasteiger partial charge is 0.493 e. The minimum Gasteiger partial charge on any atom is -0.493 e. The molecule has 0 aliphatic heterocycles. The summed E-state index contributed by atoms with van der Waals surface area (Å²) in [5.74, 6) is 1.46. The molecule has 1 atom stereocenters. The van der Waals surface area contributed by atoms with Crippen molar-refractivity contribution in [1.29, 1.82) is 0 Å². The van der Waals surface area contributed by atoms with Crippen LogP contribution in [0, 0.1) is 11.3 Å². The summed E-state index contributed by atoms with van der Waals surface area (Å²) in [6, 6.07) is 7.29. The van der Waals surface area contributed by atoms with Crippen LogP contribution in [0.3, 0.4) is 0 Å². The average Bonchev–Trinajstić information content (AvgIpc) is 2.84. The van der Waals surface area contributed by atoms with Crippen molar-refractivity contribution in [2.24, 2.45) is 11.3 Å². The number of carbonyl (C=O) groups excluding carboxylic acids is 1. The Balaban J connectivity index is 1.91. The zero-order valence-corrected chi connectivity index (χ0v) is 9.19. The zero-order valence-electron chi connectivity index (χ0n) is 9.19. The molecule has 1 fully saturated rings. The first-order valence-corrected chi connectivity index (χ1v) is 5.30. The summed E-state index contributed by atoms with van der Waals surface area (Å²) in [5.41, 5.74) is 1.12. The molecular weight excluding hydrogens is 188 g/mol. The fraction of sp³-hybridized carbons (Fsp3) is 0.462. The van der Waals surface area contributed by atoms with Crippen molar-refractivity contribution < 1.29 is 9.53 Å². The maximum Gasteiger partial charge on any atom is 0.150 e. The van der Waals surface area contributed by atoms with Gasteiger partial charge in [-0.2, -0.15) is 0 Å². The predicted molar refractivity (Wildman–Crippen MR) is 59.2 cm³/mol. The third-order valence-corrected chi connectivity index (χ3v) is 3.16. The van der Waals surface area contributed by atoms with Gasteiger partial charge in [0.2, 0.25) is 0 Å². The highest BCUT2D eigenvalue weighted by molar-refractivity contribution is 5.75. The van der Waals surface area contributed by atoms with E-state index in [-0.39, 0.29) is 0 Å². The van der Waals surface area contributed by atoms with Crippen molar-refractivity contribution in [1.82, 2.24) is 0 Å². The van der Waals surface area contributed by atoms with Crippen LogP contribution in [0.25, 0.3) is 0 Å². The molecular formula is C13H16O2. The molecule has 0 radical (unpaired) electrons. The SMILES string of the molecule is CC1(C)CC1COc1cccc(C=O)c1. The first-order valence-electron chi connectivity index (χ1n) is 5.30. The molecule has 2 nitrogen and oxygen atoms in total. The second-order valence-electron chi connectivity index (χ2n) is 4.89. The fourth-order valence-corrected chi connectivity index (χ4v) is 1.74. The van der Waals surface area contributed by atoms with Crippen LogP contribution in [0.1, 0.15) is 30.6 Å². The van der Waals surface area contributed by atoms with Gasteiger partial charge in [0.25, 0.3) is 0 Å². The lowest BCUT2D eigenvalue weighted by Crippen LogP contribution is -2.04. The summed E-state index contributed by atoms with van der Waals surface area (Å²) in [5, 5.41) is 0. The summed E-state index contributed by atoms with van der Waals surface area (Å²) in [6.07, 6.45) is 2.08. The van der Waals surface area contributed by atoms with Gasteiger partial charge in [-0.05, 0) is 29.9 Å². The Morgan fingerprint density at radius 1 is 1.53 bits per heavy atom. The summed E-state index contributed by atoms with van der Waals surface area (Å²) >= 11 is 0. The van der Waals surface area contributed by atoms with Gasteiger partial charge in [-0.3, -0.25) is 4.79 Å². The summed E-state index contributed by atoms with van der Waals surface area (Å²) in [4.78, 5) is 10.6. The highest BCUT2D eigenvalue weighted by atomic mass is 16.5. The second-order valence-corrected chi connectivity index (χ2v) is 4.89. The minimum atomic E-state index is 0.447. The standard InChI is InChI=1S/C13H16O2/c1-13(2)7-11(13)9-15-12-5-3-4-10(6-12)8-14/h3-6,8,11H,7,9H2,1-2H3. The summed E-state index contributed by atoms with van der Waals surface area (Å²) in [6.45, 7) is 5.26. The molecule has 15 heavy (non-hydrogen) atoms. The highest BCUT2D eigenvalue weighted by Crippen LogP contribution is 2.51. The van der Waals surface area contributed by atoms with Gasteiger partial charge in [0.1, 0.15) is 12.0 Å². The lowest BCUT2D eigenvalue weighted by Gasteiger charge is -2.07. The van der Waals surface area contributed by atoms with E-state index >= 15 is 0 Å². The Kier molecular flexibility index (Phi) is 2.51. The van der Waals surface area contributed by atoms with Crippen molar-refractivity contribution in [2.75, 3.05) is 6.61 Å². The van der Waals surface area contributed by atoms with E-state index in [0.717, 1.165) is 18.6 Å². The van der Waals surface area contributed by atoms with Crippen LogP contribution in [0.15, 0.2) is 24.3 Å². The van der Waals surface area contributed by atoms with E-state index < -0.39 is 0 Å². The molecule has 0 aromatic heterocycles. The summed E-state index contributed by atoms with van der Waals surface area (Å²) in [7, 11) is 0. The molecule has 1 aromatic rings. The van der Waals surface area contributed by atoms with E-state index in [1.54, 1.807) is 12.1 Å². The van der Waals surface area contributed by atoms with E-state index in [2.05, 4.69) is 13.8 Å². The third kappa shape index (κ3) is 2.38. The maximum absolute atomic E-state index is 10.6. The Hall–Kier alpha value is -1.31. The first kappa shape index (κ1) is 10.2. The lowest BCUT2D eigenvalue weighted by molar-refractivity contribution is 0.112. The second kappa shape index (κ2) is 3.69.